The van der Waals surface area contributed by atoms with Gasteiger partial charge in [-0.2, -0.15) is 0 Å². The summed E-state index contributed by atoms with van der Waals surface area (Å²) >= 11 is 0. The second-order valence-electron chi connectivity index (χ2n) is 8.06. The van der Waals surface area contributed by atoms with Gasteiger partial charge in [0, 0.05) is 16.8 Å². The van der Waals surface area contributed by atoms with Crippen LogP contribution in [0.25, 0.3) is 10.8 Å². The van der Waals surface area contributed by atoms with Gasteiger partial charge in [0.05, 0.1) is 7.11 Å². The smallest absolute Gasteiger partial charge is 0.255 e. The minimum absolute atomic E-state index is 0.170. The monoisotopic (exact) mass is 425 g/mol. The van der Waals surface area contributed by atoms with Crippen LogP contribution in [-0.2, 0) is 6.61 Å². The predicted octanol–water partition coefficient (Wildman–Crippen LogP) is 6.80. The molecule has 0 aromatic heterocycles. The number of benzene rings is 4. The van der Waals surface area contributed by atoms with Crippen LogP contribution in [0.2, 0.25) is 0 Å². The summed E-state index contributed by atoms with van der Waals surface area (Å²) in [7, 11) is 1.62. The molecule has 0 fully saturated rings. The molecular formula is C28H27NO3. The highest BCUT2D eigenvalue weighted by Crippen LogP contribution is 2.25. The molecule has 0 saturated carbocycles. The van der Waals surface area contributed by atoms with Crippen molar-refractivity contribution in [1.29, 1.82) is 0 Å². The lowest BCUT2D eigenvalue weighted by Crippen LogP contribution is -2.13. The summed E-state index contributed by atoms with van der Waals surface area (Å²) in [4.78, 5) is 12.8. The third-order valence-electron chi connectivity index (χ3n) is 5.49. The third kappa shape index (κ3) is 4.92. The number of ether oxygens (including phenoxy) is 2. The summed E-state index contributed by atoms with van der Waals surface area (Å²) in [6.07, 6.45) is 0. The van der Waals surface area contributed by atoms with Gasteiger partial charge in [-0.3, -0.25) is 4.79 Å². The van der Waals surface area contributed by atoms with Crippen molar-refractivity contribution in [1.82, 2.24) is 0 Å². The molecule has 4 heteroatoms. The van der Waals surface area contributed by atoms with Crippen LogP contribution in [0.15, 0.2) is 84.9 Å². The van der Waals surface area contributed by atoms with Crippen molar-refractivity contribution in [2.24, 2.45) is 0 Å². The molecular weight excluding hydrogens is 398 g/mol. The summed E-state index contributed by atoms with van der Waals surface area (Å²) in [5, 5.41) is 5.25. The average molecular weight is 426 g/mol. The molecule has 0 heterocycles. The van der Waals surface area contributed by atoms with E-state index in [1.165, 1.54) is 5.56 Å². The maximum absolute atomic E-state index is 12.8. The number of rotatable bonds is 7. The van der Waals surface area contributed by atoms with Crippen LogP contribution in [-0.4, -0.2) is 13.0 Å². The maximum Gasteiger partial charge on any atom is 0.255 e. The second kappa shape index (κ2) is 9.56. The SMILES string of the molecule is COc1ccc(C(=O)Nc2ccc(C(C)C)cc2)cc1COc1ccc2ccccc2c1. The topological polar surface area (TPSA) is 47.6 Å². The zero-order valence-corrected chi connectivity index (χ0v) is 18.6. The van der Waals surface area contributed by atoms with Crippen LogP contribution in [0.4, 0.5) is 5.69 Å². The van der Waals surface area contributed by atoms with Gasteiger partial charge in [0.15, 0.2) is 0 Å². The number of carbonyl (C=O) groups excluding carboxylic acids is 1. The highest BCUT2D eigenvalue weighted by atomic mass is 16.5. The largest absolute Gasteiger partial charge is 0.496 e. The summed E-state index contributed by atoms with van der Waals surface area (Å²) in [5.74, 6) is 1.73. The van der Waals surface area contributed by atoms with Crippen LogP contribution < -0.4 is 14.8 Å². The highest BCUT2D eigenvalue weighted by Gasteiger charge is 2.12. The molecule has 0 atom stereocenters. The molecule has 1 N–H and O–H groups in total. The van der Waals surface area contributed by atoms with E-state index in [-0.39, 0.29) is 5.91 Å². The van der Waals surface area contributed by atoms with Gasteiger partial charge in [-0.05, 0) is 64.7 Å². The minimum Gasteiger partial charge on any atom is -0.496 e. The highest BCUT2D eigenvalue weighted by molar-refractivity contribution is 6.04. The van der Waals surface area contributed by atoms with Gasteiger partial charge in [0.1, 0.15) is 18.1 Å². The number of carbonyl (C=O) groups is 1. The Kier molecular flexibility index (Phi) is 6.41. The molecule has 4 rings (SSSR count). The van der Waals surface area contributed by atoms with Crippen molar-refractivity contribution in [3.8, 4) is 11.5 Å². The first-order valence-electron chi connectivity index (χ1n) is 10.7. The minimum atomic E-state index is -0.170. The second-order valence-corrected chi connectivity index (χ2v) is 8.06. The van der Waals surface area contributed by atoms with E-state index in [4.69, 9.17) is 9.47 Å². The van der Waals surface area contributed by atoms with E-state index in [9.17, 15) is 4.79 Å². The van der Waals surface area contributed by atoms with E-state index in [0.717, 1.165) is 27.8 Å². The van der Waals surface area contributed by atoms with Gasteiger partial charge in [-0.1, -0.05) is 56.3 Å². The van der Waals surface area contributed by atoms with Gasteiger partial charge in [0.2, 0.25) is 0 Å². The fraction of sp³-hybridized carbons (Fsp3) is 0.179. The molecule has 4 nitrogen and oxygen atoms in total. The Morgan fingerprint density at radius 3 is 2.34 bits per heavy atom. The van der Waals surface area contributed by atoms with Crippen molar-refractivity contribution < 1.29 is 14.3 Å². The molecule has 0 aliphatic carbocycles. The molecule has 4 aromatic carbocycles. The number of anilines is 1. The van der Waals surface area contributed by atoms with Crippen molar-refractivity contribution in [3.05, 3.63) is 102 Å². The molecule has 0 saturated heterocycles. The van der Waals surface area contributed by atoms with Crippen LogP contribution in [0, 0.1) is 0 Å². The Balaban J connectivity index is 1.49. The first-order valence-corrected chi connectivity index (χ1v) is 10.7. The number of amides is 1. The molecule has 32 heavy (non-hydrogen) atoms. The fourth-order valence-corrected chi connectivity index (χ4v) is 3.61. The number of methoxy groups -OCH3 is 1. The zero-order valence-electron chi connectivity index (χ0n) is 18.6. The molecule has 0 bridgehead atoms. The average Bonchev–Trinajstić information content (AvgIpc) is 2.82. The van der Waals surface area contributed by atoms with E-state index in [1.54, 1.807) is 19.2 Å². The lowest BCUT2D eigenvalue weighted by molar-refractivity contribution is 0.102. The first kappa shape index (κ1) is 21.4. The molecule has 0 unspecified atom stereocenters. The van der Waals surface area contributed by atoms with Gasteiger partial charge >= 0.3 is 0 Å². The third-order valence-corrected chi connectivity index (χ3v) is 5.49. The van der Waals surface area contributed by atoms with E-state index in [1.807, 2.05) is 60.7 Å². The van der Waals surface area contributed by atoms with Crippen LogP contribution >= 0.6 is 0 Å². The Hall–Kier alpha value is -3.79. The summed E-state index contributed by atoms with van der Waals surface area (Å²) < 4.78 is 11.5. The van der Waals surface area contributed by atoms with Crippen molar-refractivity contribution in [2.45, 2.75) is 26.4 Å². The standard InChI is InChI=1S/C28H27NO3/c1-19(2)20-8-12-25(13-9-20)29-28(30)23-11-15-27(31-3)24(16-23)18-32-26-14-10-21-6-4-5-7-22(21)17-26/h4-17,19H,18H2,1-3H3,(H,29,30). The Bertz CT molecular complexity index is 1230. The summed E-state index contributed by atoms with van der Waals surface area (Å²) in [6.45, 7) is 4.59. The van der Waals surface area contributed by atoms with Gasteiger partial charge in [-0.25, -0.2) is 0 Å². The summed E-state index contributed by atoms with van der Waals surface area (Å²) in [5.41, 5.74) is 3.36. The Morgan fingerprint density at radius 2 is 1.62 bits per heavy atom. The van der Waals surface area contributed by atoms with Crippen LogP contribution in [0.3, 0.4) is 0 Å². The molecule has 0 aliphatic rings. The van der Waals surface area contributed by atoms with Gasteiger partial charge in [-0.15, -0.1) is 0 Å². The van der Waals surface area contributed by atoms with Crippen molar-refractivity contribution >= 4 is 22.4 Å². The molecule has 162 valence electrons. The number of hydrogen-bond acceptors (Lipinski definition) is 3. The summed E-state index contributed by atoms with van der Waals surface area (Å²) in [6, 6.07) is 27.5. The van der Waals surface area contributed by atoms with Crippen LogP contribution in [0.5, 0.6) is 11.5 Å². The maximum atomic E-state index is 12.8. The van der Waals surface area contributed by atoms with Crippen LogP contribution in [0.1, 0.15) is 41.3 Å². The van der Waals surface area contributed by atoms with E-state index < -0.39 is 0 Å². The lowest BCUT2D eigenvalue weighted by Gasteiger charge is -2.13. The van der Waals surface area contributed by atoms with Crippen molar-refractivity contribution in [2.75, 3.05) is 12.4 Å². The predicted molar refractivity (Wildman–Crippen MR) is 130 cm³/mol. The lowest BCUT2D eigenvalue weighted by atomic mass is 10.0. The first-order chi connectivity index (χ1) is 15.5. The number of nitrogens with one attached hydrogen (secondary N) is 1. The normalized spacial score (nSPS) is 10.9. The molecule has 0 aliphatic heterocycles. The quantitative estimate of drug-likeness (QED) is 0.354. The number of fused-ring (bicyclic) bond motifs is 1. The van der Waals surface area contributed by atoms with Crippen molar-refractivity contribution in [3.63, 3.8) is 0 Å². The molecule has 1 amide bonds. The number of hydrogen-bond donors (Lipinski definition) is 1. The molecule has 0 radical (unpaired) electrons. The van der Waals surface area contributed by atoms with Gasteiger partial charge < -0.3 is 14.8 Å². The molecule has 4 aromatic rings. The zero-order chi connectivity index (χ0) is 22.5. The molecule has 0 spiro atoms. The van der Waals surface area contributed by atoms with E-state index in [2.05, 4.69) is 31.3 Å². The fourth-order valence-electron chi connectivity index (χ4n) is 3.61. The van der Waals surface area contributed by atoms with E-state index in [0.29, 0.717) is 23.8 Å². The van der Waals surface area contributed by atoms with Gasteiger partial charge in [0.25, 0.3) is 5.91 Å². The Labute approximate surface area is 188 Å². The Morgan fingerprint density at radius 1 is 0.875 bits per heavy atom. The van der Waals surface area contributed by atoms with E-state index >= 15 is 0 Å².